The van der Waals surface area contributed by atoms with Crippen molar-refractivity contribution in [3.05, 3.63) is 0 Å². The zero-order valence-electron chi connectivity index (χ0n) is 7.89. The number of rotatable bonds is 0. The first kappa shape index (κ1) is 8.25. The van der Waals surface area contributed by atoms with Gasteiger partial charge in [0.25, 0.3) is 0 Å². The van der Waals surface area contributed by atoms with E-state index in [1.807, 2.05) is 0 Å². The van der Waals surface area contributed by atoms with E-state index in [2.05, 4.69) is 0 Å². The third kappa shape index (κ3) is 1.08. The van der Waals surface area contributed by atoms with Crippen LogP contribution in [0, 0.1) is 23.7 Å². The van der Waals surface area contributed by atoms with Gasteiger partial charge in [-0.2, -0.15) is 0 Å². The minimum Gasteiger partial charge on any atom is -0.390 e. The molecular formula is C11H18O2. The number of aliphatic hydroxyl groups is 2. The third-order valence-corrected chi connectivity index (χ3v) is 4.75. The number of hydrogen-bond acceptors (Lipinski definition) is 2. The zero-order valence-corrected chi connectivity index (χ0v) is 7.89. The van der Waals surface area contributed by atoms with E-state index in [1.165, 1.54) is 19.3 Å². The van der Waals surface area contributed by atoms with Crippen molar-refractivity contribution < 1.29 is 10.2 Å². The second-order valence-corrected chi connectivity index (χ2v) is 5.27. The Hall–Kier alpha value is -0.0800. The summed E-state index contributed by atoms with van der Waals surface area (Å²) in [5, 5.41) is 19.2. The highest BCUT2D eigenvalue weighted by Gasteiger charge is 2.51. The molecule has 3 aliphatic carbocycles. The maximum atomic E-state index is 9.60. The van der Waals surface area contributed by atoms with E-state index < -0.39 is 12.2 Å². The minimum absolute atomic E-state index is 0.430. The van der Waals surface area contributed by atoms with Crippen LogP contribution in [0.5, 0.6) is 0 Å². The van der Waals surface area contributed by atoms with E-state index in [0.717, 1.165) is 36.5 Å². The Morgan fingerprint density at radius 3 is 1.62 bits per heavy atom. The molecule has 2 bridgehead atoms. The van der Waals surface area contributed by atoms with Crippen molar-refractivity contribution in [2.45, 2.75) is 44.3 Å². The van der Waals surface area contributed by atoms with E-state index in [1.54, 1.807) is 0 Å². The van der Waals surface area contributed by atoms with E-state index in [-0.39, 0.29) is 0 Å². The molecule has 3 saturated carbocycles. The molecule has 0 saturated heterocycles. The van der Waals surface area contributed by atoms with Crippen LogP contribution < -0.4 is 0 Å². The summed E-state index contributed by atoms with van der Waals surface area (Å²) >= 11 is 0. The van der Waals surface area contributed by atoms with Crippen LogP contribution >= 0.6 is 0 Å². The summed E-state index contributed by atoms with van der Waals surface area (Å²) < 4.78 is 0. The molecule has 0 aromatic carbocycles. The highest BCUT2D eigenvalue weighted by atomic mass is 16.3. The fraction of sp³-hybridized carbons (Fsp3) is 1.00. The van der Waals surface area contributed by atoms with Crippen LogP contribution in [-0.4, -0.2) is 22.4 Å². The van der Waals surface area contributed by atoms with Gasteiger partial charge in [-0.1, -0.05) is 0 Å². The molecule has 13 heavy (non-hydrogen) atoms. The first-order valence-electron chi connectivity index (χ1n) is 5.62. The Kier molecular flexibility index (Phi) is 1.72. The molecule has 2 nitrogen and oxygen atoms in total. The van der Waals surface area contributed by atoms with Gasteiger partial charge in [0.15, 0.2) is 0 Å². The maximum Gasteiger partial charge on any atom is 0.0802 e. The predicted octanol–water partition coefficient (Wildman–Crippen LogP) is 1.16. The molecule has 4 unspecified atom stereocenters. The summed E-state index contributed by atoms with van der Waals surface area (Å²) in [6, 6.07) is 0. The molecule has 2 heteroatoms. The van der Waals surface area contributed by atoms with Crippen LogP contribution in [0.1, 0.15) is 32.1 Å². The fourth-order valence-electron chi connectivity index (χ4n) is 4.14. The lowest BCUT2D eigenvalue weighted by molar-refractivity contribution is -0.0593. The van der Waals surface area contributed by atoms with Gasteiger partial charge in [-0.3, -0.25) is 0 Å². The molecule has 0 spiro atoms. The first-order valence-corrected chi connectivity index (χ1v) is 5.62. The molecule has 3 rings (SSSR count). The van der Waals surface area contributed by atoms with Gasteiger partial charge in [-0.15, -0.1) is 0 Å². The number of fused-ring (bicyclic) bond motifs is 5. The van der Waals surface area contributed by atoms with Gasteiger partial charge in [0.2, 0.25) is 0 Å². The van der Waals surface area contributed by atoms with E-state index >= 15 is 0 Å². The highest BCUT2D eigenvalue weighted by Crippen LogP contribution is 2.57. The molecular weight excluding hydrogens is 164 g/mol. The molecule has 0 amide bonds. The Balaban J connectivity index is 1.81. The van der Waals surface area contributed by atoms with Gasteiger partial charge >= 0.3 is 0 Å². The Morgan fingerprint density at radius 2 is 1.15 bits per heavy atom. The first-order chi connectivity index (χ1) is 6.25. The lowest BCUT2D eigenvalue weighted by Crippen LogP contribution is -2.41. The highest BCUT2D eigenvalue weighted by molar-refractivity contribution is 5.01. The van der Waals surface area contributed by atoms with Crippen molar-refractivity contribution in [3.8, 4) is 0 Å². The second-order valence-electron chi connectivity index (χ2n) is 5.27. The zero-order chi connectivity index (χ0) is 9.00. The lowest BCUT2D eigenvalue weighted by Gasteiger charge is -2.39. The van der Waals surface area contributed by atoms with Crippen LogP contribution in [0.4, 0.5) is 0 Å². The SMILES string of the molecule is O[C@H]1CC2C3CCC(C3)C2C[C@@H]1O. The van der Waals surface area contributed by atoms with Crippen LogP contribution in [0.25, 0.3) is 0 Å². The summed E-state index contributed by atoms with van der Waals surface area (Å²) in [6.07, 6.45) is 5.03. The summed E-state index contributed by atoms with van der Waals surface area (Å²) in [6.45, 7) is 0. The maximum absolute atomic E-state index is 9.60. The summed E-state index contributed by atoms with van der Waals surface area (Å²) in [5.74, 6) is 3.27. The summed E-state index contributed by atoms with van der Waals surface area (Å²) in [5.41, 5.74) is 0. The Labute approximate surface area is 79.0 Å². The quantitative estimate of drug-likeness (QED) is 0.590. The van der Waals surface area contributed by atoms with Crippen molar-refractivity contribution >= 4 is 0 Å². The topological polar surface area (TPSA) is 40.5 Å². The van der Waals surface area contributed by atoms with Gasteiger partial charge in [0, 0.05) is 0 Å². The smallest absolute Gasteiger partial charge is 0.0802 e. The van der Waals surface area contributed by atoms with Crippen LogP contribution in [-0.2, 0) is 0 Å². The molecule has 0 aliphatic heterocycles. The van der Waals surface area contributed by atoms with Gasteiger partial charge in [0.1, 0.15) is 0 Å². The van der Waals surface area contributed by atoms with Crippen LogP contribution in [0.3, 0.4) is 0 Å². The van der Waals surface area contributed by atoms with Crippen molar-refractivity contribution in [1.82, 2.24) is 0 Å². The number of aliphatic hydroxyl groups excluding tert-OH is 2. The van der Waals surface area contributed by atoms with Crippen molar-refractivity contribution in [2.75, 3.05) is 0 Å². The molecule has 0 aromatic rings. The Morgan fingerprint density at radius 1 is 0.692 bits per heavy atom. The fourth-order valence-corrected chi connectivity index (χ4v) is 4.14. The monoisotopic (exact) mass is 182 g/mol. The Bertz CT molecular complexity index is 194. The molecule has 0 radical (unpaired) electrons. The molecule has 0 heterocycles. The standard InChI is InChI=1S/C11H18O2/c12-10-4-8-6-1-2-7(3-6)9(8)5-11(10)13/h6-13H,1-5H2/t6?,7?,8?,9?,10-,11-/m0/s1. The second kappa shape index (κ2) is 2.71. The summed E-state index contributed by atoms with van der Waals surface area (Å²) in [7, 11) is 0. The molecule has 6 atom stereocenters. The number of hydrogen-bond donors (Lipinski definition) is 2. The lowest BCUT2D eigenvalue weighted by atomic mass is 9.69. The van der Waals surface area contributed by atoms with Crippen LogP contribution in [0.2, 0.25) is 0 Å². The van der Waals surface area contributed by atoms with Gasteiger partial charge in [-0.25, -0.2) is 0 Å². The molecule has 74 valence electrons. The third-order valence-electron chi connectivity index (χ3n) is 4.75. The molecule has 0 aromatic heterocycles. The average Bonchev–Trinajstić information content (AvgIpc) is 2.67. The van der Waals surface area contributed by atoms with Crippen molar-refractivity contribution in [1.29, 1.82) is 0 Å². The minimum atomic E-state index is -0.430. The van der Waals surface area contributed by atoms with E-state index in [0.29, 0.717) is 0 Å². The molecule has 3 aliphatic rings. The predicted molar refractivity (Wildman–Crippen MR) is 49.1 cm³/mol. The van der Waals surface area contributed by atoms with Crippen LogP contribution in [0.15, 0.2) is 0 Å². The molecule has 3 fully saturated rings. The largest absolute Gasteiger partial charge is 0.390 e. The normalized spacial score (nSPS) is 59.5. The van der Waals surface area contributed by atoms with E-state index in [4.69, 9.17) is 0 Å². The summed E-state index contributed by atoms with van der Waals surface area (Å²) in [4.78, 5) is 0. The van der Waals surface area contributed by atoms with Crippen molar-refractivity contribution in [3.63, 3.8) is 0 Å². The molecule has 2 N–H and O–H groups in total. The van der Waals surface area contributed by atoms with Gasteiger partial charge in [-0.05, 0) is 55.8 Å². The average molecular weight is 182 g/mol. The van der Waals surface area contributed by atoms with Gasteiger partial charge in [0.05, 0.1) is 12.2 Å². The van der Waals surface area contributed by atoms with Crippen molar-refractivity contribution in [2.24, 2.45) is 23.7 Å². The van der Waals surface area contributed by atoms with Gasteiger partial charge < -0.3 is 10.2 Å². The van der Waals surface area contributed by atoms with E-state index in [9.17, 15) is 10.2 Å².